The fourth-order valence-electron chi connectivity index (χ4n) is 2.27. The Kier molecular flexibility index (Phi) is 3.31. The highest BCUT2D eigenvalue weighted by atomic mass is 14.8. The molecule has 3 rings (SSSR count). The average Bonchev–Trinajstić information content (AvgIpc) is 2.47. The van der Waals surface area contributed by atoms with Crippen molar-refractivity contribution in [3.63, 3.8) is 0 Å². The first kappa shape index (κ1) is 12.6. The van der Waals surface area contributed by atoms with Crippen molar-refractivity contribution in [2.75, 3.05) is 5.73 Å². The number of nitrogens with two attached hydrogens (primary N) is 2. The van der Waals surface area contributed by atoms with Gasteiger partial charge < -0.3 is 11.5 Å². The number of hydrogen-bond acceptors (Lipinski definition) is 4. The minimum atomic E-state index is -0.151. The van der Waals surface area contributed by atoms with Crippen molar-refractivity contribution >= 4 is 16.7 Å². The third-order valence-electron chi connectivity index (χ3n) is 3.30. The van der Waals surface area contributed by atoms with Crippen LogP contribution in [-0.2, 0) is 6.42 Å². The average molecular weight is 264 g/mol. The van der Waals surface area contributed by atoms with Gasteiger partial charge in [0.05, 0.1) is 17.3 Å². The predicted molar refractivity (Wildman–Crippen MR) is 81.0 cm³/mol. The van der Waals surface area contributed by atoms with Gasteiger partial charge in [-0.1, -0.05) is 24.3 Å². The van der Waals surface area contributed by atoms with Crippen LogP contribution in [0.1, 0.15) is 17.3 Å². The first-order chi connectivity index (χ1) is 9.72. The van der Waals surface area contributed by atoms with E-state index in [1.54, 1.807) is 6.20 Å². The lowest BCUT2D eigenvalue weighted by atomic mass is 10.0. The Labute approximate surface area is 117 Å². The number of nitrogens with zero attached hydrogens (tertiary/aromatic N) is 2. The van der Waals surface area contributed by atoms with E-state index < -0.39 is 0 Å². The van der Waals surface area contributed by atoms with Crippen LogP contribution in [0.15, 0.2) is 54.7 Å². The molecule has 0 saturated heterocycles. The van der Waals surface area contributed by atoms with Crippen LogP contribution in [0.25, 0.3) is 10.9 Å². The predicted octanol–water partition coefficient (Wildman–Crippen LogP) is 2.45. The summed E-state index contributed by atoms with van der Waals surface area (Å²) in [6, 6.07) is 15.7. The molecule has 100 valence electrons. The molecule has 1 unspecified atom stereocenters. The molecular formula is C16H16N4. The molecule has 2 aromatic heterocycles. The van der Waals surface area contributed by atoms with Gasteiger partial charge in [0.25, 0.3) is 0 Å². The smallest absolute Gasteiger partial charge is 0.123 e. The molecule has 2 heterocycles. The number of para-hydroxylation sites is 1. The number of aromatic nitrogens is 2. The van der Waals surface area contributed by atoms with E-state index in [0.29, 0.717) is 12.2 Å². The van der Waals surface area contributed by atoms with Crippen molar-refractivity contribution in [3.05, 3.63) is 66.0 Å². The lowest BCUT2D eigenvalue weighted by Gasteiger charge is -2.12. The standard InChI is InChI=1S/C16H16N4/c17-13(9-11-7-8-19-16(18)10-11)15-6-5-12-3-1-2-4-14(12)20-15/h1-8,10,13H,9,17H2,(H2,18,19). The lowest BCUT2D eigenvalue weighted by molar-refractivity contribution is 0.700. The lowest BCUT2D eigenvalue weighted by Crippen LogP contribution is -2.15. The van der Waals surface area contributed by atoms with Crippen molar-refractivity contribution in [2.24, 2.45) is 5.73 Å². The zero-order chi connectivity index (χ0) is 13.9. The Morgan fingerprint density at radius 2 is 1.90 bits per heavy atom. The molecule has 4 N–H and O–H groups in total. The number of rotatable bonds is 3. The first-order valence-electron chi connectivity index (χ1n) is 6.54. The number of anilines is 1. The molecular weight excluding hydrogens is 248 g/mol. The third-order valence-corrected chi connectivity index (χ3v) is 3.30. The summed E-state index contributed by atoms with van der Waals surface area (Å²) in [4.78, 5) is 8.60. The summed E-state index contributed by atoms with van der Waals surface area (Å²) in [5.74, 6) is 0.515. The highest BCUT2D eigenvalue weighted by Gasteiger charge is 2.09. The summed E-state index contributed by atoms with van der Waals surface area (Å²) >= 11 is 0. The SMILES string of the molecule is Nc1cc(CC(N)c2ccc3ccccc3n2)ccn1. The van der Waals surface area contributed by atoms with Crippen LogP contribution >= 0.6 is 0 Å². The van der Waals surface area contributed by atoms with E-state index in [2.05, 4.69) is 16.0 Å². The minimum absolute atomic E-state index is 0.151. The Morgan fingerprint density at radius 1 is 1.05 bits per heavy atom. The molecule has 4 nitrogen and oxygen atoms in total. The van der Waals surface area contributed by atoms with Gasteiger partial charge >= 0.3 is 0 Å². The largest absolute Gasteiger partial charge is 0.384 e. The van der Waals surface area contributed by atoms with Crippen LogP contribution in [0, 0.1) is 0 Å². The Balaban J connectivity index is 1.86. The minimum Gasteiger partial charge on any atom is -0.384 e. The fourth-order valence-corrected chi connectivity index (χ4v) is 2.27. The first-order valence-corrected chi connectivity index (χ1v) is 6.54. The maximum atomic E-state index is 6.24. The third kappa shape index (κ3) is 2.60. The summed E-state index contributed by atoms with van der Waals surface area (Å²) in [6.45, 7) is 0. The Morgan fingerprint density at radius 3 is 2.75 bits per heavy atom. The van der Waals surface area contributed by atoms with Gasteiger partial charge in [0.15, 0.2) is 0 Å². The van der Waals surface area contributed by atoms with E-state index in [9.17, 15) is 0 Å². The molecule has 0 spiro atoms. The summed E-state index contributed by atoms with van der Waals surface area (Å²) < 4.78 is 0. The van der Waals surface area contributed by atoms with E-state index in [1.807, 2.05) is 42.5 Å². The second-order valence-electron chi connectivity index (χ2n) is 4.83. The van der Waals surface area contributed by atoms with Crippen LogP contribution in [0.3, 0.4) is 0 Å². The van der Waals surface area contributed by atoms with Gasteiger partial charge in [0.1, 0.15) is 5.82 Å². The number of benzene rings is 1. The van der Waals surface area contributed by atoms with Crippen molar-refractivity contribution in [1.29, 1.82) is 0 Å². The maximum absolute atomic E-state index is 6.24. The van der Waals surface area contributed by atoms with Crippen molar-refractivity contribution in [3.8, 4) is 0 Å². The molecule has 0 amide bonds. The highest BCUT2D eigenvalue weighted by molar-refractivity contribution is 5.78. The number of hydrogen-bond donors (Lipinski definition) is 2. The summed E-state index contributed by atoms with van der Waals surface area (Å²) in [7, 11) is 0. The van der Waals surface area contributed by atoms with Crippen molar-refractivity contribution in [1.82, 2.24) is 9.97 Å². The highest BCUT2D eigenvalue weighted by Crippen LogP contribution is 2.18. The summed E-state index contributed by atoms with van der Waals surface area (Å²) in [6.07, 6.45) is 2.39. The van der Waals surface area contributed by atoms with Gasteiger partial charge in [0, 0.05) is 11.6 Å². The zero-order valence-corrected chi connectivity index (χ0v) is 11.0. The molecule has 20 heavy (non-hydrogen) atoms. The number of fused-ring (bicyclic) bond motifs is 1. The second-order valence-corrected chi connectivity index (χ2v) is 4.83. The van der Waals surface area contributed by atoms with Gasteiger partial charge in [0.2, 0.25) is 0 Å². The van der Waals surface area contributed by atoms with Gasteiger partial charge in [-0.25, -0.2) is 4.98 Å². The molecule has 0 fully saturated rings. The van der Waals surface area contributed by atoms with Gasteiger partial charge in [-0.05, 0) is 36.2 Å². The van der Waals surface area contributed by atoms with Crippen LogP contribution in [-0.4, -0.2) is 9.97 Å². The maximum Gasteiger partial charge on any atom is 0.123 e. The number of nitrogen functional groups attached to an aromatic ring is 1. The quantitative estimate of drug-likeness (QED) is 0.761. The van der Waals surface area contributed by atoms with Gasteiger partial charge in [-0.15, -0.1) is 0 Å². The molecule has 0 radical (unpaired) electrons. The van der Waals surface area contributed by atoms with Gasteiger partial charge in [-0.2, -0.15) is 0 Å². The van der Waals surface area contributed by atoms with Crippen LogP contribution < -0.4 is 11.5 Å². The summed E-state index contributed by atoms with van der Waals surface area (Å²) in [5, 5.41) is 1.12. The normalized spacial score (nSPS) is 12.4. The number of pyridine rings is 2. The van der Waals surface area contributed by atoms with E-state index in [0.717, 1.165) is 22.2 Å². The molecule has 0 saturated carbocycles. The van der Waals surface area contributed by atoms with Crippen molar-refractivity contribution in [2.45, 2.75) is 12.5 Å². The molecule has 3 aromatic rings. The zero-order valence-electron chi connectivity index (χ0n) is 11.0. The monoisotopic (exact) mass is 264 g/mol. The topological polar surface area (TPSA) is 77.8 Å². The Bertz CT molecular complexity index is 739. The van der Waals surface area contributed by atoms with Crippen LogP contribution in [0.4, 0.5) is 5.82 Å². The van der Waals surface area contributed by atoms with Gasteiger partial charge in [-0.3, -0.25) is 4.98 Å². The van der Waals surface area contributed by atoms with Crippen molar-refractivity contribution < 1.29 is 0 Å². The molecule has 1 aromatic carbocycles. The van der Waals surface area contributed by atoms with E-state index in [-0.39, 0.29) is 6.04 Å². The van der Waals surface area contributed by atoms with Crippen LogP contribution in [0.2, 0.25) is 0 Å². The molecule has 0 bridgehead atoms. The van der Waals surface area contributed by atoms with E-state index >= 15 is 0 Å². The molecule has 0 aliphatic heterocycles. The molecule has 4 heteroatoms. The fraction of sp³-hybridized carbons (Fsp3) is 0.125. The molecule has 1 atom stereocenters. The van der Waals surface area contributed by atoms with E-state index in [4.69, 9.17) is 11.5 Å². The Hall–Kier alpha value is -2.46. The second kappa shape index (κ2) is 5.27. The molecule has 0 aliphatic carbocycles. The van der Waals surface area contributed by atoms with E-state index in [1.165, 1.54) is 0 Å². The van der Waals surface area contributed by atoms with Crippen LogP contribution in [0.5, 0.6) is 0 Å². The summed E-state index contributed by atoms with van der Waals surface area (Å²) in [5.41, 5.74) is 14.8. The molecule has 0 aliphatic rings.